The Balaban J connectivity index is 1.36. The van der Waals surface area contributed by atoms with E-state index in [1.807, 2.05) is 0 Å². The van der Waals surface area contributed by atoms with Gasteiger partial charge in [-0.25, -0.2) is 9.37 Å². The number of H-pyrrole nitrogens is 1. The molecule has 1 aromatic heterocycles. The van der Waals surface area contributed by atoms with E-state index in [4.69, 9.17) is 9.72 Å². The van der Waals surface area contributed by atoms with Crippen LogP contribution in [0.2, 0.25) is 0 Å². The molecule has 3 aliphatic heterocycles. The highest BCUT2D eigenvalue weighted by molar-refractivity contribution is 5.94. The van der Waals surface area contributed by atoms with E-state index in [2.05, 4.69) is 4.98 Å². The van der Waals surface area contributed by atoms with Crippen LogP contribution >= 0.6 is 0 Å². The summed E-state index contributed by atoms with van der Waals surface area (Å²) in [6.07, 6.45) is 3.26. The average Bonchev–Trinajstić information content (AvgIpc) is 3.51. The number of hydrogen-bond donors (Lipinski definition) is 1. The van der Waals surface area contributed by atoms with E-state index in [1.165, 1.54) is 24.3 Å². The summed E-state index contributed by atoms with van der Waals surface area (Å²) in [6.45, 7) is 1.81. The molecule has 0 bridgehead atoms. The Bertz CT molecular complexity index is 1090. The number of aromatic amines is 1. The highest BCUT2D eigenvalue weighted by Crippen LogP contribution is 2.32. The molecular formula is C23H25FN4O4. The largest absolute Gasteiger partial charge is 0.368 e. The van der Waals surface area contributed by atoms with Crippen molar-refractivity contribution in [3.63, 3.8) is 0 Å². The summed E-state index contributed by atoms with van der Waals surface area (Å²) in [6, 6.07) is 5.12. The van der Waals surface area contributed by atoms with Gasteiger partial charge in [-0.3, -0.25) is 14.4 Å². The van der Waals surface area contributed by atoms with Crippen LogP contribution in [0.3, 0.4) is 0 Å². The average molecular weight is 440 g/mol. The number of halogens is 1. The van der Waals surface area contributed by atoms with Gasteiger partial charge in [0.05, 0.1) is 23.8 Å². The van der Waals surface area contributed by atoms with Crippen molar-refractivity contribution in [2.45, 2.75) is 50.8 Å². The first-order chi connectivity index (χ1) is 15.5. The third-order valence-electron chi connectivity index (χ3n) is 6.52. The number of carbonyl (C=O) groups is 2. The SMILES string of the molecule is O=C(c1ccc(F)cc1)N1CCc2nc([C@@H]3CCCN3C(=O)[C@@H]3CCCO3)[nH]c(=O)c2C1. The maximum Gasteiger partial charge on any atom is 0.256 e. The normalized spacial score (nSPS) is 22.8. The van der Waals surface area contributed by atoms with E-state index in [-0.39, 0.29) is 30.0 Å². The van der Waals surface area contributed by atoms with Gasteiger partial charge >= 0.3 is 0 Å². The van der Waals surface area contributed by atoms with Crippen LogP contribution in [-0.4, -0.2) is 57.4 Å². The third-order valence-corrected chi connectivity index (χ3v) is 6.52. The standard InChI is InChI=1S/C23H25FN4O4/c24-15-7-5-14(6-8-15)22(30)27-11-9-17-16(13-27)21(29)26-20(25-17)18-3-1-10-28(18)23(31)19-4-2-12-32-19/h5-8,18-19H,1-4,9-13H2,(H,25,26,29)/t18-,19-/m0/s1. The highest BCUT2D eigenvalue weighted by Gasteiger charge is 2.37. The second-order valence-electron chi connectivity index (χ2n) is 8.55. The summed E-state index contributed by atoms with van der Waals surface area (Å²) in [5, 5.41) is 0. The smallest absolute Gasteiger partial charge is 0.256 e. The molecule has 2 aromatic rings. The minimum Gasteiger partial charge on any atom is -0.368 e. The molecule has 0 unspecified atom stereocenters. The Kier molecular flexibility index (Phi) is 5.50. The predicted octanol–water partition coefficient (Wildman–Crippen LogP) is 1.95. The maximum atomic E-state index is 13.2. The molecule has 2 amide bonds. The van der Waals surface area contributed by atoms with Gasteiger partial charge in [0, 0.05) is 31.7 Å². The van der Waals surface area contributed by atoms with Crippen LogP contribution in [0.1, 0.15) is 59.2 Å². The number of rotatable bonds is 3. The number of nitrogens with zero attached hydrogens (tertiary/aromatic N) is 3. The topological polar surface area (TPSA) is 95.6 Å². The van der Waals surface area contributed by atoms with E-state index in [9.17, 15) is 18.8 Å². The molecule has 0 spiro atoms. The lowest BCUT2D eigenvalue weighted by Crippen LogP contribution is -2.42. The van der Waals surface area contributed by atoms with E-state index in [0.717, 1.165) is 25.7 Å². The molecule has 1 N–H and O–H groups in total. The van der Waals surface area contributed by atoms with Crippen molar-refractivity contribution in [2.24, 2.45) is 0 Å². The molecule has 0 saturated carbocycles. The zero-order valence-corrected chi connectivity index (χ0v) is 17.7. The van der Waals surface area contributed by atoms with Crippen LogP contribution in [0.5, 0.6) is 0 Å². The molecule has 2 atom stereocenters. The van der Waals surface area contributed by atoms with Crippen LogP contribution in [0.25, 0.3) is 0 Å². The van der Waals surface area contributed by atoms with Crippen LogP contribution < -0.4 is 5.56 Å². The molecule has 168 valence electrons. The van der Waals surface area contributed by atoms with E-state index >= 15 is 0 Å². The van der Waals surface area contributed by atoms with Crippen molar-refractivity contribution in [1.29, 1.82) is 0 Å². The van der Waals surface area contributed by atoms with Crippen LogP contribution in [0.15, 0.2) is 29.1 Å². The summed E-state index contributed by atoms with van der Waals surface area (Å²) in [5.74, 6) is -0.168. The molecule has 0 aliphatic carbocycles. The minimum absolute atomic E-state index is 0.0264. The summed E-state index contributed by atoms with van der Waals surface area (Å²) in [4.78, 5) is 49.5. The molecule has 32 heavy (non-hydrogen) atoms. The monoisotopic (exact) mass is 440 g/mol. The molecule has 4 heterocycles. The quantitative estimate of drug-likeness (QED) is 0.787. The lowest BCUT2D eigenvalue weighted by Gasteiger charge is -2.30. The number of amides is 2. The Hall–Kier alpha value is -3.07. The molecule has 1 aromatic carbocycles. The Morgan fingerprint density at radius 3 is 2.69 bits per heavy atom. The van der Waals surface area contributed by atoms with Crippen molar-refractivity contribution < 1.29 is 18.7 Å². The number of aromatic nitrogens is 2. The fourth-order valence-electron chi connectivity index (χ4n) is 4.82. The predicted molar refractivity (Wildman–Crippen MR) is 112 cm³/mol. The number of benzene rings is 1. The number of ether oxygens (including phenoxy) is 1. The van der Waals surface area contributed by atoms with Gasteiger partial charge < -0.3 is 19.5 Å². The lowest BCUT2D eigenvalue weighted by atomic mass is 10.0. The summed E-state index contributed by atoms with van der Waals surface area (Å²) in [7, 11) is 0. The summed E-state index contributed by atoms with van der Waals surface area (Å²) < 4.78 is 18.7. The highest BCUT2D eigenvalue weighted by atomic mass is 19.1. The van der Waals surface area contributed by atoms with Crippen molar-refractivity contribution in [3.8, 4) is 0 Å². The lowest BCUT2D eigenvalue weighted by molar-refractivity contribution is -0.142. The number of carbonyl (C=O) groups excluding carboxylic acids is 2. The van der Waals surface area contributed by atoms with Gasteiger partial charge in [-0.15, -0.1) is 0 Å². The van der Waals surface area contributed by atoms with Gasteiger partial charge in [0.25, 0.3) is 17.4 Å². The molecule has 2 fully saturated rings. The van der Waals surface area contributed by atoms with Crippen LogP contribution in [0, 0.1) is 5.82 Å². The number of fused-ring (bicyclic) bond motifs is 1. The molecule has 8 nitrogen and oxygen atoms in total. The zero-order valence-electron chi connectivity index (χ0n) is 17.7. The second kappa shape index (κ2) is 8.46. The number of likely N-dealkylation sites (tertiary alicyclic amines) is 1. The number of hydrogen-bond acceptors (Lipinski definition) is 5. The van der Waals surface area contributed by atoms with E-state index < -0.39 is 11.9 Å². The van der Waals surface area contributed by atoms with E-state index in [1.54, 1.807) is 9.80 Å². The zero-order chi connectivity index (χ0) is 22.2. The summed E-state index contributed by atoms with van der Waals surface area (Å²) >= 11 is 0. The van der Waals surface area contributed by atoms with Gasteiger partial charge in [-0.05, 0) is 49.9 Å². The van der Waals surface area contributed by atoms with Gasteiger partial charge in [0.15, 0.2) is 0 Å². The van der Waals surface area contributed by atoms with Crippen molar-refractivity contribution >= 4 is 11.8 Å². The van der Waals surface area contributed by atoms with Gasteiger partial charge in [-0.2, -0.15) is 0 Å². The Morgan fingerprint density at radius 1 is 1.12 bits per heavy atom. The molecular weight excluding hydrogens is 415 g/mol. The van der Waals surface area contributed by atoms with Gasteiger partial charge in [-0.1, -0.05) is 0 Å². The summed E-state index contributed by atoms with van der Waals surface area (Å²) in [5.41, 5.74) is 1.23. The van der Waals surface area contributed by atoms with Crippen LogP contribution in [-0.2, 0) is 22.5 Å². The first-order valence-corrected chi connectivity index (χ1v) is 11.1. The Morgan fingerprint density at radius 2 is 1.94 bits per heavy atom. The first-order valence-electron chi connectivity index (χ1n) is 11.1. The van der Waals surface area contributed by atoms with E-state index in [0.29, 0.717) is 48.8 Å². The van der Waals surface area contributed by atoms with Gasteiger partial charge in [0.2, 0.25) is 0 Å². The molecule has 3 aliphatic rings. The van der Waals surface area contributed by atoms with Crippen molar-refractivity contribution in [2.75, 3.05) is 19.7 Å². The fraction of sp³-hybridized carbons (Fsp3) is 0.478. The van der Waals surface area contributed by atoms with Crippen LogP contribution in [0.4, 0.5) is 4.39 Å². The first kappa shape index (κ1) is 20.8. The maximum absolute atomic E-state index is 13.2. The number of nitrogens with one attached hydrogen (secondary N) is 1. The van der Waals surface area contributed by atoms with Gasteiger partial charge in [0.1, 0.15) is 17.7 Å². The minimum atomic E-state index is -0.405. The third kappa shape index (κ3) is 3.81. The Labute approximate surface area is 184 Å². The second-order valence-corrected chi connectivity index (χ2v) is 8.55. The van der Waals surface area contributed by atoms with Crippen molar-refractivity contribution in [1.82, 2.24) is 19.8 Å². The molecule has 0 radical (unpaired) electrons. The van der Waals surface area contributed by atoms with Crippen molar-refractivity contribution in [3.05, 3.63) is 63.1 Å². The fourth-order valence-corrected chi connectivity index (χ4v) is 4.82. The molecule has 9 heteroatoms. The molecule has 5 rings (SSSR count). The molecule has 2 saturated heterocycles.